The molecule has 0 saturated heterocycles. The van der Waals surface area contributed by atoms with E-state index in [1.54, 1.807) is 0 Å². The van der Waals surface area contributed by atoms with Gasteiger partial charge in [-0.2, -0.15) is 0 Å². The Balaban J connectivity index is 1.35. The Hall–Kier alpha value is -4.92. The third-order valence-electron chi connectivity index (χ3n) is 8.99. The van der Waals surface area contributed by atoms with Crippen LogP contribution >= 0.6 is 11.8 Å². The van der Waals surface area contributed by atoms with Gasteiger partial charge in [0.25, 0.3) is 0 Å². The minimum Gasteiger partial charge on any atom is -0.256 e. The molecule has 2 heteroatoms. The van der Waals surface area contributed by atoms with Crippen LogP contribution in [0.5, 0.6) is 0 Å². The Bertz CT molecular complexity index is 2130. The first-order chi connectivity index (χ1) is 20.8. The first-order valence-corrected chi connectivity index (χ1v) is 15.2. The Kier molecular flexibility index (Phi) is 5.11. The third kappa shape index (κ3) is 3.24. The van der Waals surface area contributed by atoms with Crippen LogP contribution in [-0.2, 0) is 5.41 Å². The second-order valence-electron chi connectivity index (χ2n) is 11.1. The fourth-order valence-electron chi connectivity index (χ4n) is 7.23. The molecule has 0 bridgehead atoms. The number of pyridine rings is 1. The lowest BCUT2D eigenvalue weighted by Gasteiger charge is -2.40. The topological polar surface area (TPSA) is 12.9 Å². The molecule has 0 atom stereocenters. The van der Waals surface area contributed by atoms with Crippen molar-refractivity contribution in [1.82, 2.24) is 4.98 Å². The summed E-state index contributed by atoms with van der Waals surface area (Å²) in [6.45, 7) is 0. The molecule has 42 heavy (non-hydrogen) atoms. The predicted octanol–water partition coefficient (Wildman–Crippen LogP) is 10.4. The summed E-state index contributed by atoms with van der Waals surface area (Å²) in [6.07, 6.45) is 1.89. The molecule has 196 valence electrons. The number of rotatable bonds is 2. The number of aromatic nitrogens is 1. The van der Waals surface area contributed by atoms with Crippen LogP contribution < -0.4 is 0 Å². The lowest BCUT2D eigenvalue weighted by molar-refractivity contribution is 0.723. The van der Waals surface area contributed by atoms with Crippen molar-refractivity contribution < 1.29 is 0 Å². The van der Waals surface area contributed by atoms with Crippen LogP contribution in [0.15, 0.2) is 162 Å². The average Bonchev–Trinajstić information content (AvgIpc) is 3.35. The minimum absolute atomic E-state index is 0.381. The van der Waals surface area contributed by atoms with Gasteiger partial charge in [0.2, 0.25) is 0 Å². The number of para-hydroxylation sites is 1. The van der Waals surface area contributed by atoms with Crippen LogP contribution in [0.2, 0.25) is 0 Å². The predicted molar refractivity (Wildman–Crippen MR) is 174 cm³/mol. The van der Waals surface area contributed by atoms with Gasteiger partial charge in [-0.05, 0) is 68.3 Å². The summed E-state index contributed by atoms with van der Waals surface area (Å²) in [5.74, 6) is 0. The molecule has 2 aliphatic rings. The molecule has 0 fully saturated rings. The van der Waals surface area contributed by atoms with Gasteiger partial charge < -0.3 is 0 Å². The molecule has 0 saturated carbocycles. The molecule has 0 N–H and O–H groups in total. The molecule has 1 nitrogen and oxygen atoms in total. The van der Waals surface area contributed by atoms with Crippen LogP contribution in [0.1, 0.15) is 22.3 Å². The van der Waals surface area contributed by atoms with E-state index < -0.39 is 0 Å². The van der Waals surface area contributed by atoms with Gasteiger partial charge in [0.15, 0.2) is 0 Å². The highest BCUT2D eigenvalue weighted by Gasteiger charge is 2.50. The van der Waals surface area contributed by atoms with Crippen LogP contribution in [0.3, 0.4) is 0 Å². The van der Waals surface area contributed by atoms with E-state index in [1.165, 1.54) is 65.4 Å². The first kappa shape index (κ1) is 23.8. The van der Waals surface area contributed by atoms with E-state index in [4.69, 9.17) is 4.98 Å². The van der Waals surface area contributed by atoms with Gasteiger partial charge in [0.05, 0.1) is 10.9 Å². The number of fused-ring (bicyclic) bond motifs is 10. The summed E-state index contributed by atoms with van der Waals surface area (Å²) in [5, 5.41) is 1.16. The van der Waals surface area contributed by atoms with Crippen LogP contribution in [0.4, 0.5) is 0 Å². The van der Waals surface area contributed by atoms with Crippen molar-refractivity contribution in [3.8, 4) is 33.4 Å². The van der Waals surface area contributed by atoms with Crippen molar-refractivity contribution in [1.29, 1.82) is 0 Å². The summed E-state index contributed by atoms with van der Waals surface area (Å²) < 4.78 is 0. The molecule has 0 amide bonds. The summed E-state index contributed by atoms with van der Waals surface area (Å²) in [7, 11) is 0. The summed E-state index contributed by atoms with van der Waals surface area (Å²) in [5.41, 5.74) is 13.6. The van der Waals surface area contributed by atoms with E-state index in [2.05, 4.69) is 140 Å². The normalized spacial score (nSPS) is 13.8. The van der Waals surface area contributed by atoms with Gasteiger partial charge in [-0.25, -0.2) is 0 Å². The van der Waals surface area contributed by atoms with Gasteiger partial charge in [-0.1, -0.05) is 139 Å². The number of nitrogens with zero attached hydrogens (tertiary/aromatic N) is 1. The molecule has 2 heterocycles. The van der Waals surface area contributed by atoms with E-state index in [1.807, 2.05) is 24.0 Å². The molecule has 7 aromatic rings. The molecular weight excluding hydrogens is 527 g/mol. The summed E-state index contributed by atoms with van der Waals surface area (Å²) in [6, 6.07) is 53.5. The number of benzene rings is 6. The van der Waals surface area contributed by atoms with Crippen LogP contribution in [0.25, 0.3) is 44.3 Å². The molecule has 0 radical (unpaired) electrons. The van der Waals surface area contributed by atoms with E-state index in [-0.39, 0.29) is 5.41 Å². The van der Waals surface area contributed by atoms with Crippen LogP contribution in [-0.4, -0.2) is 4.98 Å². The van der Waals surface area contributed by atoms with Crippen LogP contribution in [0, 0.1) is 0 Å². The number of hydrogen-bond donors (Lipinski definition) is 0. The van der Waals surface area contributed by atoms with Crippen molar-refractivity contribution >= 4 is 22.7 Å². The van der Waals surface area contributed by atoms with E-state index >= 15 is 0 Å². The zero-order chi connectivity index (χ0) is 27.7. The molecule has 6 aromatic carbocycles. The lowest BCUT2D eigenvalue weighted by Crippen LogP contribution is -2.32. The van der Waals surface area contributed by atoms with E-state index in [9.17, 15) is 0 Å². The van der Waals surface area contributed by atoms with Crippen molar-refractivity contribution in [2.45, 2.75) is 15.2 Å². The van der Waals surface area contributed by atoms with E-state index in [0.717, 1.165) is 10.9 Å². The Morgan fingerprint density at radius 1 is 0.429 bits per heavy atom. The third-order valence-corrected chi connectivity index (χ3v) is 10.1. The molecule has 1 aliphatic carbocycles. The second-order valence-corrected chi connectivity index (χ2v) is 12.2. The van der Waals surface area contributed by atoms with Crippen molar-refractivity contribution in [2.24, 2.45) is 0 Å². The summed E-state index contributed by atoms with van der Waals surface area (Å²) >= 11 is 1.90. The quantitative estimate of drug-likeness (QED) is 0.212. The highest BCUT2D eigenvalue weighted by Crippen LogP contribution is 2.62. The highest BCUT2D eigenvalue weighted by atomic mass is 32.2. The van der Waals surface area contributed by atoms with Crippen molar-refractivity contribution in [3.05, 3.63) is 174 Å². The molecule has 1 aliphatic heterocycles. The summed E-state index contributed by atoms with van der Waals surface area (Å²) in [4.78, 5) is 7.38. The largest absolute Gasteiger partial charge is 0.256 e. The fourth-order valence-corrected chi connectivity index (χ4v) is 8.50. The van der Waals surface area contributed by atoms with Gasteiger partial charge in [-0.15, -0.1) is 0 Å². The maximum atomic E-state index is 4.77. The zero-order valence-electron chi connectivity index (χ0n) is 22.8. The maximum Gasteiger partial charge on any atom is 0.0780 e. The monoisotopic (exact) mass is 551 g/mol. The molecule has 0 unspecified atom stereocenters. The first-order valence-electron chi connectivity index (χ1n) is 14.4. The Morgan fingerprint density at radius 2 is 1.02 bits per heavy atom. The van der Waals surface area contributed by atoms with E-state index in [0.29, 0.717) is 0 Å². The molecule has 1 aromatic heterocycles. The molecule has 9 rings (SSSR count). The standard InChI is InChI=1S/C40H25NS/c1-2-10-26(11-3-1)28-19-21-35-37(24-28)42-38-25-29(30-16-8-12-27-13-9-23-41-39(27)30)20-22-36(38)40(35)33-17-6-4-14-31(33)32-15-5-7-18-34(32)40/h1-25H. The smallest absolute Gasteiger partial charge is 0.0780 e. The second kappa shape index (κ2) is 9.04. The molecule has 1 spiro atoms. The number of hydrogen-bond acceptors (Lipinski definition) is 2. The minimum atomic E-state index is -0.381. The van der Waals surface area contributed by atoms with Gasteiger partial charge in [-0.3, -0.25) is 4.98 Å². The SMILES string of the molecule is c1ccc(-c2ccc3c(c2)Sc2cc(-c4cccc5cccnc45)ccc2C32c3ccccc3-c3ccccc32)cc1. The lowest BCUT2D eigenvalue weighted by atomic mass is 9.67. The van der Waals surface area contributed by atoms with Crippen molar-refractivity contribution in [2.75, 3.05) is 0 Å². The maximum absolute atomic E-state index is 4.77. The fraction of sp³-hybridized carbons (Fsp3) is 0.0250. The Morgan fingerprint density at radius 3 is 1.76 bits per heavy atom. The van der Waals surface area contributed by atoms with Gasteiger partial charge in [0, 0.05) is 26.9 Å². The van der Waals surface area contributed by atoms with Gasteiger partial charge >= 0.3 is 0 Å². The van der Waals surface area contributed by atoms with Crippen molar-refractivity contribution in [3.63, 3.8) is 0 Å². The highest BCUT2D eigenvalue weighted by molar-refractivity contribution is 7.99. The molecular formula is C40H25NS. The Labute approximate surface area is 249 Å². The zero-order valence-corrected chi connectivity index (χ0v) is 23.6. The average molecular weight is 552 g/mol. The van der Waals surface area contributed by atoms with Gasteiger partial charge in [0.1, 0.15) is 0 Å².